The van der Waals surface area contributed by atoms with Crippen molar-refractivity contribution in [3.05, 3.63) is 57.9 Å². The van der Waals surface area contributed by atoms with Crippen LogP contribution in [0, 0.1) is 0 Å². The molecule has 21 heavy (non-hydrogen) atoms. The van der Waals surface area contributed by atoms with Gasteiger partial charge in [-0.2, -0.15) is 4.98 Å². The van der Waals surface area contributed by atoms with Gasteiger partial charge in [0.15, 0.2) is 0 Å². The van der Waals surface area contributed by atoms with E-state index in [1.165, 1.54) is 17.5 Å². The molecule has 0 unspecified atom stereocenters. The first-order valence-electron chi connectivity index (χ1n) is 6.99. The zero-order valence-electron chi connectivity index (χ0n) is 11.6. The van der Waals surface area contributed by atoms with Crippen LogP contribution in [0.5, 0.6) is 5.88 Å². The molecule has 1 aliphatic rings. The topological polar surface area (TPSA) is 78.0 Å². The van der Waals surface area contributed by atoms with Gasteiger partial charge >= 0.3 is 0 Å². The summed E-state index contributed by atoms with van der Waals surface area (Å²) in [6.45, 7) is 3.55. The minimum absolute atomic E-state index is 0.226. The molecule has 1 aromatic heterocycles. The number of fused-ring (bicyclic) bond motifs is 1. The van der Waals surface area contributed by atoms with Crippen LogP contribution in [-0.4, -0.2) is 15.1 Å². The van der Waals surface area contributed by atoms with Gasteiger partial charge in [0, 0.05) is 12.1 Å². The number of anilines is 2. The highest BCUT2D eigenvalue weighted by molar-refractivity contribution is 5.57. The molecule has 3 N–H and O–H groups in total. The summed E-state index contributed by atoms with van der Waals surface area (Å²) in [4.78, 5) is 18.5. The van der Waals surface area contributed by atoms with Crippen molar-refractivity contribution < 1.29 is 5.11 Å². The van der Waals surface area contributed by atoms with Crippen LogP contribution in [0.25, 0.3) is 0 Å². The third-order valence-electron chi connectivity index (χ3n) is 3.70. The molecule has 0 amide bonds. The van der Waals surface area contributed by atoms with E-state index in [4.69, 9.17) is 0 Å². The third-order valence-corrected chi connectivity index (χ3v) is 3.70. The second-order valence-electron chi connectivity index (χ2n) is 5.17. The number of benzene rings is 1. The molecule has 2 aromatic rings. The lowest BCUT2D eigenvalue weighted by Crippen LogP contribution is -2.15. The van der Waals surface area contributed by atoms with Crippen molar-refractivity contribution in [3.63, 3.8) is 0 Å². The monoisotopic (exact) mass is 283 g/mol. The van der Waals surface area contributed by atoms with Gasteiger partial charge in [-0.25, -0.2) is 0 Å². The minimum atomic E-state index is -0.355. The number of aromatic hydroxyl groups is 1. The van der Waals surface area contributed by atoms with Gasteiger partial charge < -0.3 is 10.4 Å². The van der Waals surface area contributed by atoms with Crippen molar-refractivity contribution in [1.82, 2.24) is 9.97 Å². The van der Waals surface area contributed by atoms with Gasteiger partial charge in [-0.05, 0) is 42.5 Å². The van der Waals surface area contributed by atoms with Gasteiger partial charge in [-0.3, -0.25) is 9.78 Å². The Labute approximate surface area is 122 Å². The molecule has 1 heterocycles. The number of nitrogens with zero attached hydrogens (tertiary/aromatic N) is 1. The third kappa shape index (κ3) is 2.67. The van der Waals surface area contributed by atoms with Crippen LogP contribution in [0.4, 0.5) is 11.6 Å². The summed E-state index contributed by atoms with van der Waals surface area (Å²) in [7, 11) is 0. The number of hydrogen-bond acceptors (Lipinski definition) is 4. The molecular weight excluding hydrogens is 266 g/mol. The molecule has 0 spiro atoms. The smallest absolute Gasteiger partial charge is 0.259 e. The van der Waals surface area contributed by atoms with Crippen molar-refractivity contribution in [1.29, 1.82) is 0 Å². The van der Waals surface area contributed by atoms with Gasteiger partial charge in [0.1, 0.15) is 0 Å². The Balaban J connectivity index is 1.88. The average Bonchev–Trinajstić information content (AvgIpc) is 2.90. The van der Waals surface area contributed by atoms with Crippen LogP contribution >= 0.6 is 0 Å². The summed E-state index contributed by atoms with van der Waals surface area (Å²) >= 11 is 0. The largest absolute Gasteiger partial charge is 0.493 e. The summed E-state index contributed by atoms with van der Waals surface area (Å²) in [5.74, 6) is -0.0226. The van der Waals surface area contributed by atoms with E-state index in [0.29, 0.717) is 0 Å². The predicted octanol–water partition coefficient (Wildman–Crippen LogP) is 2.44. The first-order valence-corrected chi connectivity index (χ1v) is 6.99. The number of allylic oxidation sites excluding steroid dienone is 1. The van der Waals surface area contributed by atoms with Crippen molar-refractivity contribution in [2.24, 2.45) is 0 Å². The number of aryl methyl sites for hydroxylation is 2. The summed E-state index contributed by atoms with van der Waals surface area (Å²) in [6.07, 6.45) is 5.23. The SMILES string of the molecule is C=CCc1c(O)nc(Nc2ccc3c(c2)CCC3)[nH]c1=O. The Morgan fingerprint density at radius 2 is 2.19 bits per heavy atom. The second-order valence-corrected chi connectivity index (χ2v) is 5.17. The highest BCUT2D eigenvalue weighted by atomic mass is 16.3. The lowest BCUT2D eigenvalue weighted by molar-refractivity contribution is 0.445. The molecule has 0 fully saturated rings. The van der Waals surface area contributed by atoms with Crippen LogP contribution in [0.15, 0.2) is 35.6 Å². The molecule has 0 saturated carbocycles. The first kappa shape index (κ1) is 13.4. The lowest BCUT2D eigenvalue weighted by Gasteiger charge is -2.09. The summed E-state index contributed by atoms with van der Waals surface area (Å²) in [5, 5.41) is 12.8. The van der Waals surface area contributed by atoms with Crippen molar-refractivity contribution in [3.8, 4) is 5.88 Å². The quantitative estimate of drug-likeness (QED) is 0.753. The van der Waals surface area contributed by atoms with Gasteiger partial charge in [0.25, 0.3) is 5.56 Å². The van der Waals surface area contributed by atoms with Crippen molar-refractivity contribution >= 4 is 11.6 Å². The molecule has 3 rings (SSSR count). The standard InChI is InChI=1S/C16H17N3O2/c1-2-4-13-14(20)18-16(19-15(13)21)17-12-8-7-10-5-3-6-11(10)9-12/h2,7-9H,1,3-6H2,(H3,17,18,19,20,21). The fraction of sp³-hybridized carbons (Fsp3) is 0.250. The lowest BCUT2D eigenvalue weighted by atomic mass is 10.1. The summed E-state index contributed by atoms with van der Waals surface area (Å²) in [5.41, 5.74) is 3.44. The molecule has 1 aromatic carbocycles. The average molecular weight is 283 g/mol. The van der Waals surface area contributed by atoms with E-state index < -0.39 is 0 Å². The number of aromatic amines is 1. The fourth-order valence-corrected chi connectivity index (χ4v) is 2.66. The Morgan fingerprint density at radius 1 is 1.38 bits per heavy atom. The molecule has 1 aliphatic carbocycles. The maximum Gasteiger partial charge on any atom is 0.259 e. The molecule has 5 nitrogen and oxygen atoms in total. The highest BCUT2D eigenvalue weighted by Crippen LogP contribution is 2.26. The molecule has 0 atom stereocenters. The van der Waals surface area contributed by atoms with Crippen LogP contribution in [-0.2, 0) is 19.3 Å². The van der Waals surface area contributed by atoms with Crippen LogP contribution in [0.2, 0.25) is 0 Å². The maximum absolute atomic E-state index is 11.9. The zero-order valence-corrected chi connectivity index (χ0v) is 11.6. The number of hydrogen-bond donors (Lipinski definition) is 3. The summed E-state index contributed by atoms with van der Waals surface area (Å²) < 4.78 is 0. The van der Waals surface area contributed by atoms with E-state index in [-0.39, 0.29) is 29.4 Å². The van der Waals surface area contributed by atoms with E-state index in [1.54, 1.807) is 6.08 Å². The molecule has 0 radical (unpaired) electrons. The van der Waals surface area contributed by atoms with E-state index in [1.807, 2.05) is 6.07 Å². The highest BCUT2D eigenvalue weighted by Gasteiger charge is 2.12. The Morgan fingerprint density at radius 3 is 2.95 bits per heavy atom. The molecule has 5 heteroatoms. The number of rotatable bonds is 4. The fourth-order valence-electron chi connectivity index (χ4n) is 2.66. The molecule has 0 saturated heterocycles. The molecule has 0 bridgehead atoms. The van der Waals surface area contributed by atoms with Gasteiger partial charge in [-0.15, -0.1) is 6.58 Å². The molecular formula is C16H17N3O2. The van der Waals surface area contributed by atoms with Gasteiger partial charge in [-0.1, -0.05) is 12.1 Å². The predicted molar refractivity (Wildman–Crippen MR) is 82.2 cm³/mol. The van der Waals surface area contributed by atoms with Crippen LogP contribution in [0.1, 0.15) is 23.1 Å². The molecule has 0 aliphatic heterocycles. The minimum Gasteiger partial charge on any atom is -0.493 e. The Bertz CT molecular complexity index is 750. The number of nitrogens with one attached hydrogen (secondary N) is 2. The number of aromatic nitrogens is 2. The normalized spacial score (nSPS) is 13.0. The van der Waals surface area contributed by atoms with E-state index in [0.717, 1.165) is 18.5 Å². The Hall–Kier alpha value is -2.56. The second kappa shape index (κ2) is 5.44. The van der Waals surface area contributed by atoms with E-state index in [2.05, 4.69) is 34.0 Å². The van der Waals surface area contributed by atoms with Crippen molar-refractivity contribution in [2.45, 2.75) is 25.7 Å². The van der Waals surface area contributed by atoms with Gasteiger partial charge in [0.05, 0.1) is 5.56 Å². The van der Waals surface area contributed by atoms with Crippen molar-refractivity contribution in [2.75, 3.05) is 5.32 Å². The summed E-state index contributed by atoms with van der Waals surface area (Å²) in [6, 6.07) is 6.12. The van der Waals surface area contributed by atoms with Crippen LogP contribution < -0.4 is 10.9 Å². The van der Waals surface area contributed by atoms with E-state index >= 15 is 0 Å². The molecule has 108 valence electrons. The zero-order chi connectivity index (χ0) is 14.8. The first-order chi connectivity index (χ1) is 10.2. The van der Waals surface area contributed by atoms with Gasteiger partial charge in [0.2, 0.25) is 11.8 Å². The number of H-pyrrole nitrogens is 1. The maximum atomic E-state index is 11.9. The van der Waals surface area contributed by atoms with E-state index in [9.17, 15) is 9.90 Å². The van der Waals surface area contributed by atoms with Crippen LogP contribution in [0.3, 0.4) is 0 Å². The Kier molecular flexibility index (Phi) is 3.48.